The van der Waals surface area contributed by atoms with Gasteiger partial charge in [-0.15, -0.1) is 0 Å². The van der Waals surface area contributed by atoms with Gasteiger partial charge in [0.1, 0.15) is 22.7 Å². The highest BCUT2D eigenvalue weighted by molar-refractivity contribution is 5.95. The molecule has 1 aliphatic rings. The number of amides is 2. The summed E-state index contributed by atoms with van der Waals surface area (Å²) in [6.45, 7) is 2.03. The summed E-state index contributed by atoms with van der Waals surface area (Å²) in [6.07, 6.45) is 6.39. The van der Waals surface area contributed by atoms with Crippen molar-refractivity contribution >= 4 is 33.9 Å². The molecule has 4 aromatic rings. The number of aromatic nitrogens is 4. The van der Waals surface area contributed by atoms with E-state index in [1.807, 2.05) is 41.6 Å². The van der Waals surface area contributed by atoms with E-state index in [1.165, 1.54) is 0 Å². The van der Waals surface area contributed by atoms with Crippen molar-refractivity contribution < 1.29 is 9.59 Å². The minimum absolute atomic E-state index is 0.0194. The number of nitrogens with zero attached hydrogens (tertiary/aromatic N) is 3. The van der Waals surface area contributed by atoms with Crippen molar-refractivity contribution in [3.05, 3.63) is 60.2 Å². The van der Waals surface area contributed by atoms with Crippen molar-refractivity contribution in [1.82, 2.24) is 30.2 Å². The third-order valence-electron chi connectivity index (χ3n) is 6.01. The van der Waals surface area contributed by atoms with Gasteiger partial charge in [-0.1, -0.05) is 0 Å². The summed E-state index contributed by atoms with van der Waals surface area (Å²) in [5, 5.41) is 4.96. The average Bonchev–Trinajstić information content (AvgIpc) is 3.47. The fourth-order valence-corrected chi connectivity index (χ4v) is 4.17. The van der Waals surface area contributed by atoms with Crippen LogP contribution in [0.5, 0.6) is 0 Å². The second kappa shape index (κ2) is 8.22. The Bertz CT molecular complexity index is 1230. The lowest BCUT2D eigenvalue weighted by Crippen LogP contribution is -2.39. The molecular formula is C23H24N6O2. The van der Waals surface area contributed by atoms with Crippen molar-refractivity contribution in [3.63, 3.8) is 0 Å². The highest BCUT2D eigenvalue weighted by Gasteiger charge is 2.24. The van der Waals surface area contributed by atoms with Gasteiger partial charge in [0.2, 0.25) is 0 Å². The molecule has 1 saturated heterocycles. The van der Waals surface area contributed by atoms with Crippen LogP contribution in [0.3, 0.4) is 0 Å². The highest BCUT2D eigenvalue weighted by atomic mass is 16.2. The third kappa shape index (κ3) is 4.01. The van der Waals surface area contributed by atoms with E-state index in [9.17, 15) is 9.59 Å². The summed E-state index contributed by atoms with van der Waals surface area (Å²) in [6, 6.07) is 11.2. The van der Waals surface area contributed by atoms with Crippen LogP contribution < -0.4 is 5.32 Å². The Morgan fingerprint density at radius 1 is 0.903 bits per heavy atom. The SMILES string of the molecule is O=C(NCCC1CCN(C(=O)c2ccc3cc[nH]c3n2)CC1)c1ccc2cc[nH]c2n1. The predicted molar refractivity (Wildman–Crippen MR) is 118 cm³/mol. The summed E-state index contributed by atoms with van der Waals surface area (Å²) in [4.78, 5) is 41.9. The summed E-state index contributed by atoms with van der Waals surface area (Å²) < 4.78 is 0. The van der Waals surface area contributed by atoms with Crippen LogP contribution in [0.15, 0.2) is 48.8 Å². The lowest BCUT2D eigenvalue weighted by Gasteiger charge is -2.31. The van der Waals surface area contributed by atoms with E-state index >= 15 is 0 Å². The van der Waals surface area contributed by atoms with Crippen molar-refractivity contribution in [2.75, 3.05) is 19.6 Å². The van der Waals surface area contributed by atoms with Crippen molar-refractivity contribution in [2.24, 2.45) is 5.92 Å². The molecule has 0 bridgehead atoms. The Kier molecular flexibility index (Phi) is 5.11. The molecule has 4 aromatic heterocycles. The van der Waals surface area contributed by atoms with Crippen LogP contribution in [0.2, 0.25) is 0 Å². The summed E-state index contributed by atoms with van der Waals surface area (Å²) in [7, 11) is 0. The molecule has 1 fully saturated rings. The van der Waals surface area contributed by atoms with Gasteiger partial charge in [-0.05, 0) is 61.6 Å². The lowest BCUT2D eigenvalue weighted by molar-refractivity contribution is 0.0681. The fourth-order valence-electron chi connectivity index (χ4n) is 4.17. The molecule has 5 heterocycles. The van der Waals surface area contributed by atoms with E-state index in [0.717, 1.165) is 41.3 Å². The smallest absolute Gasteiger partial charge is 0.272 e. The van der Waals surface area contributed by atoms with Gasteiger partial charge in [-0.25, -0.2) is 9.97 Å². The Balaban J connectivity index is 1.09. The molecular weight excluding hydrogens is 392 g/mol. The van der Waals surface area contributed by atoms with Gasteiger partial charge in [0, 0.05) is 42.8 Å². The van der Waals surface area contributed by atoms with Crippen LogP contribution >= 0.6 is 0 Å². The summed E-state index contributed by atoms with van der Waals surface area (Å²) >= 11 is 0. The number of H-pyrrole nitrogens is 2. The zero-order valence-corrected chi connectivity index (χ0v) is 17.1. The number of likely N-dealkylation sites (tertiary alicyclic amines) is 1. The maximum absolute atomic E-state index is 12.8. The van der Waals surface area contributed by atoms with Crippen LogP contribution in [-0.4, -0.2) is 56.3 Å². The normalized spacial score (nSPS) is 14.9. The van der Waals surface area contributed by atoms with Crippen LogP contribution in [0.4, 0.5) is 0 Å². The number of hydrogen-bond acceptors (Lipinski definition) is 4. The average molecular weight is 416 g/mol. The first-order valence-corrected chi connectivity index (χ1v) is 10.6. The Morgan fingerprint density at radius 2 is 1.52 bits per heavy atom. The largest absolute Gasteiger partial charge is 0.351 e. The van der Waals surface area contributed by atoms with Crippen LogP contribution in [0.1, 0.15) is 40.2 Å². The molecule has 158 valence electrons. The number of aromatic amines is 2. The Morgan fingerprint density at radius 3 is 2.19 bits per heavy atom. The summed E-state index contributed by atoms with van der Waals surface area (Å²) in [5.41, 5.74) is 2.35. The van der Waals surface area contributed by atoms with E-state index < -0.39 is 0 Å². The van der Waals surface area contributed by atoms with Crippen molar-refractivity contribution in [2.45, 2.75) is 19.3 Å². The zero-order valence-electron chi connectivity index (χ0n) is 17.1. The van der Waals surface area contributed by atoms with Gasteiger partial charge in [-0.3, -0.25) is 9.59 Å². The van der Waals surface area contributed by atoms with Crippen molar-refractivity contribution in [1.29, 1.82) is 0 Å². The number of pyridine rings is 2. The molecule has 0 unspecified atom stereocenters. The Hall–Kier alpha value is -3.68. The molecule has 3 N–H and O–H groups in total. The molecule has 0 spiro atoms. The minimum atomic E-state index is -0.158. The third-order valence-corrected chi connectivity index (χ3v) is 6.01. The molecule has 0 aliphatic carbocycles. The molecule has 31 heavy (non-hydrogen) atoms. The number of piperidine rings is 1. The second-order valence-corrected chi connectivity index (χ2v) is 8.00. The molecule has 8 heteroatoms. The maximum atomic E-state index is 12.8. The number of fused-ring (bicyclic) bond motifs is 2. The predicted octanol–water partition coefficient (Wildman–Crippen LogP) is 3.11. The van der Waals surface area contributed by atoms with Gasteiger partial charge in [-0.2, -0.15) is 0 Å². The first-order valence-electron chi connectivity index (χ1n) is 10.6. The van der Waals surface area contributed by atoms with Crippen LogP contribution in [0.25, 0.3) is 22.1 Å². The molecule has 0 aromatic carbocycles. The van der Waals surface area contributed by atoms with E-state index in [-0.39, 0.29) is 11.8 Å². The molecule has 0 radical (unpaired) electrons. The minimum Gasteiger partial charge on any atom is -0.351 e. The van der Waals surface area contributed by atoms with Crippen LogP contribution in [-0.2, 0) is 0 Å². The number of hydrogen-bond donors (Lipinski definition) is 3. The summed E-state index contributed by atoms with van der Waals surface area (Å²) in [5.74, 6) is 0.311. The molecule has 5 rings (SSSR count). The quantitative estimate of drug-likeness (QED) is 0.465. The second-order valence-electron chi connectivity index (χ2n) is 8.00. The highest BCUT2D eigenvalue weighted by Crippen LogP contribution is 2.22. The standard InChI is InChI=1S/C23H24N6O2/c30-22(18-3-1-16-6-11-24-20(16)27-18)26-10-5-15-8-13-29(14-9-15)23(31)19-4-2-17-7-12-25-21(17)28-19/h1-4,6-7,11-12,15H,5,8-10,13-14H2,(H,24,27)(H,25,28)(H,26,30). The number of rotatable bonds is 5. The van der Waals surface area contributed by atoms with Gasteiger partial charge in [0.15, 0.2) is 0 Å². The fraction of sp³-hybridized carbons (Fsp3) is 0.304. The lowest BCUT2D eigenvalue weighted by atomic mass is 9.93. The van der Waals surface area contributed by atoms with E-state index in [0.29, 0.717) is 36.9 Å². The molecule has 8 nitrogen and oxygen atoms in total. The van der Waals surface area contributed by atoms with E-state index in [4.69, 9.17) is 0 Å². The molecule has 0 saturated carbocycles. The van der Waals surface area contributed by atoms with Crippen LogP contribution in [0, 0.1) is 5.92 Å². The number of carbonyl (C=O) groups excluding carboxylic acids is 2. The van der Waals surface area contributed by atoms with Gasteiger partial charge in [0.25, 0.3) is 11.8 Å². The molecule has 2 amide bonds. The zero-order chi connectivity index (χ0) is 21.2. The number of nitrogens with one attached hydrogen (secondary N) is 3. The van der Waals surface area contributed by atoms with Gasteiger partial charge >= 0.3 is 0 Å². The monoisotopic (exact) mass is 416 g/mol. The molecule has 1 aliphatic heterocycles. The van der Waals surface area contributed by atoms with E-state index in [1.54, 1.807) is 12.1 Å². The van der Waals surface area contributed by atoms with Gasteiger partial charge in [0.05, 0.1) is 0 Å². The Labute approximate surface area is 179 Å². The molecule has 0 atom stereocenters. The van der Waals surface area contributed by atoms with Gasteiger partial charge < -0.3 is 20.2 Å². The van der Waals surface area contributed by atoms with E-state index in [2.05, 4.69) is 25.3 Å². The number of carbonyl (C=O) groups is 2. The first-order chi connectivity index (χ1) is 15.2. The topological polar surface area (TPSA) is 107 Å². The maximum Gasteiger partial charge on any atom is 0.272 e. The van der Waals surface area contributed by atoms with Crippen molar-refractivity contribution in [3.8, 4) is 0 Å². The first kappa shape index (κ1) is 19.3.